The summed E-state index contributed by atoms with van der Waals surface area (Å²) in [5, 5.41) is 9.41. The molecule has 1 aliphatic rings. The maximum atomic E-state index is 9.41. The summed E-state index contributed by atoms with van der Waals surface area (Å²) in [6, 6.07) is 8.67. The summed E-state index contributed by atoms with van der Waals surface area (Å²) in [7, 11) is 0. The van der Waals surface area contributed by atoms with Crippen molar-refractivity contribution in [1.82, 2.24) is 0 Å². The van der Waals surface area contributed by atoms with Gasteiger partial charge in [0.15, 0.2) is 0 Å². The van der Waals surface area contributed by atoms with E-state index in [1.165, 1.54) is 16.0 Å². The molecule has 0 saturated carbocycles. The first kappa shape index (κ1) is 10.8. The lowest BCUT2D eigenvalue weighted by Gasteiger charge is -2.17. The second-order valence-electron chi connectivity index (χ2n) is 3.89. The molecule has 0 saturated heterocycles. The third-order valence-electron chi connectivity index (χ3n) is 2.84. The molecule has 2 rings (SSSR count). The van der Waals surface area contributed by atoms with Crippen molar-refractivity contribution in [3.63, 3.8) is 0 Å². The Hall–Kier alpha value is -0.730. The molecular formula is C13H16OS. The van der Waals surface area contributed by atoms with E-state index in [0.29, 0.717) is 0 Å². The van der Waals surface area contributed by atoms with Gasteiger partial charge in [0.1, 0.15) is 0 Å². The highest BCUT2D eigenvalue weighted by molar-refractivity contribution is 7.98. The first-order valence-corrected chi connectivity index (χ1v) is 6.53. The van der Waals surface area contributed by atoms with Crippen molar-refractivity contribution in [2.24, 2.45) is 0 Å². The number of thioether (sulfide) groups is 1. The molecule has 1 nitrogen and oxygen atoms in total. The van der Waals surface area contributed by atoms with Gasteiger partial charge in [0.2, 0.25) is 0 Å². The number of allylic oxidation sites excluding steroid dienone is 1. The number of hydrogen-bond donors (Lipinski definition) is 1. The normalized spacial score (nSPS) is 21.2. The topological polar surface area (TPSA) is 20.2 Å². The summed E-state index contributed by atoms with van der Waals surface area (Å²) in [5.74, 6) is 0. The minimum absolute atomic E-state index is 0.126. The van der Waals surface area contributed by atoms with E-state index in [9.17, 15) is 5.11 Å². The van der Waals surface area contributed by atoms with Crippen molar-refractivity contribution in [1.29, 1.82) is 0 Å². The van der Waals surface area contributed by atoms with Crippen LogP contribution in [0.5, 0.6) is 0 Å². The third-order valence-corrected chi connectivity index (χ3v) is 3.59. The fourth-order valence-electron chi connectivity index (χ4n) is 1.89. The average molecular weight is 220 g/mol. The molecule has 0 spiro atoms. The van der Waals surface area contributed by atoms with Gasteiger partial charge in [0, 0.05) is 4.90 Å². The zero-order valence-corrected chi connectivity index (χ0v) is 9.76. The summed E-state index contributed by atoms with van der Waals surface area (Å²) >= 11 is 1.77. The number of hydrogen-bond acceptors (Lipinski definition) is 2. The van der Waals surface area contributed by atoms with Gasteiger partial charge in [0.05, 0.1) is 6.10 Å². The van der Waals surface area contributed by atoms with E-state index in [-0.39, 0.29) is 6.10 Å². The van der Waals surface area contributed by atoms with Crippen LogP contribution in [0.15, 0.2) is 35.2 Å². The van der Waals surface area contributed by atoms with Crippen LogP contribution in [0, 0.1) is 0 Å². The van der Waals surface area contributed by atoms with Gasteiger partial charge in [-0.2, -0.15) is 0 Å². The minimum atomic E-state index is -0.126. The summed E-state index contributed by atoms with van der Waals surface area (Å²) in [6.07, 6.45) is 6.84. The van der Waals surface area contributed by atoms with Crippen LogP contribution in [0.25, 0.3) is 5.57 Å². The molecule has 1 atom stereocenters. The van der Waals surface area contributed by atoms with Crippen molar-refractivity contribution in [3.05, 3.63) is 35.9 Å². The number of rotatable bonds is 2. The molecule has 1 N–H and O–H groups in total. The van der Waals surface area contributed by atoms with Gasteiger partial charge in [0.25, 0.3) is 0 Å². The molecule has 1 aliphatic carbocycles. The van der Waals surface area contributed by atoms with Crippen LogP contribution in [-0.2, 0) is 0 Å². The molecule has 1 aromatic carbocycles. The predicted molar refractivity (Wildman–Crippen MR) is 66.1 cm³/mol. The molecule has 0 fully saturated rings. The third kappa shape index (κ3) is 2.64. The van der Waals surface area contributed by atoms with Crippen molar-refractivity contribution >= 4 is 17.3 Å². The van der Waals surface area contributed by atoms with Gasteiger partial charge in [-0.15, -0.1) is 11.8 Å². The predicted octanol–water partition coefficient (Wildman–Crippen LogP) is 3.34. The molecule has 0 heterocycles. The second kappa shape index (κ2) is 4.86. The van der Waals surface area contributed by atoms with Gasteiger partial charge in [-0.05, 0) is 48.8 Å². The molecule has 0 amide bonds. The standard InChI is InChI=1S/C13H16OS/c1-15-13-8-4-11(5-9-13)10-2-6-12(14)7-3-10/h2,4-5,8-9,12,14H,3,6-7H2,1H3/t12-/m1/s1. The van der Waals surface area contributed by atoms with Crippen molar-refractivity contribution < 1.29 is 5.11 Å². The van der Waals surface area contributed by atoms with Crippen LogP contribution in [0.4, 0.5) is 0 Å². The van der Waals surface area contributed by atoms with Gasteiger partial charge in [-0.3, -0.25) is 0 Å². The molecular weight excluding hydrogens is 204 g/mol. The van der Waals surface area contributed by atoms with E-state index in [1.54, 1.807) is 11.8 Å². The Bertz CT molecular complexity index is 353. The molecule has 0 radical (unpaired) electrons. The first-order valence-electron chi connectivity index (χ1n) is 5.31. The molecule has 0 aliphatic heterocycles. The summed E-state index contributed by atoms with van der Waals surface area (Å²) < 4.78 is 0. The number of benzene rings is 1. The Morgan fingerprint density at radius 2 is 2.00 bits per heavy atom. The Morgan fingerprint density at radius 1 is 1.27 bits per heavy atom. The number of aliphatic hydroxyl groups excluding tert-OH is 1. The van der Waals surface area contributed by atoms with Crippen molar-refractivity contribution in [3.8, 4) is 0 Å². The largest absolute Gasteiger partial charge is 0.393 e. The van der Waals surface area contributed by atoms with Crippen molar-refractivity contribution in [2.75, 3.05) is 6.26 Å². The Labute approximate surface area is 95.2 Å². The van der Waals surface area contributed by atoms with Gasteiger partial charge in [-0.1, -0.05) is 18.2 Å². The van der Waals surface area contributed by atoms with E-state index in [0.717, 1.165) is 19.3 Å². The molecule has 80 valence electrons. The second-order valence-corrected chi connectivity index (χ2v) is 4.77. The molecule has 1 aromatic rings. The summed E-state index contributed by atoms with van der Waals surface area (Å²) in [4.78, 5) is 1.30. The number of aliphatic hydroxyl groups is 1. The monoisotopic (exact) mass is 220 g/mol. The fourth-order valence-corrected chi connectivity index (χ4v) is 2.30. The highest BCUT2D eigenvalue weighted by Gasteiger charge is 2.12. The fraction of sp³-hybridized carbons (Fsp3) is 0.385. The van der Waals surface area contributed by atoms with E-state index in [4.69, 9.17) is 0 Å². The van der Waals surface area contributed by atoms with Crippen LogP contribution in [0.1, 0.15) is 24.8 Å². The lowest BCUT2D eigenvalue weighted by Crippen LogP contribution is -2.09. The van der Waals surface area contributed by atoms with E-state index < -0.39 is 0 Å². The lowest BCUT2D eigenvalue weighted by molar-refractivity contribution is 0.166. The molecule has 15 heavy (non-hydrogen) atoms. The average Bonchev–Trinajstić information content (AvgIpc) is 2.30. The van der Waals surface area contributed by atoms with Crippen LogP contribution in [-0.4, -0.2) is 17.5 Å². The SMILES string of the molecule is CSc1ccc(C2=CC[C@@H](O)CC2)cc1. The summed E-state index contributed by atoms with van der Waals surface area (Å²) in [5.41, 5.74) is 2.69. The Balaban J connectivity index is 2.16. The van der Waals surface area contributed by atoms with E-state index >= 15 is 0 Å². The zero-order valence-electron chi connectivity index (χ0n) is 8.94. The quantitative estimate of drug-likeness (QED) is 0.771. The molecule has 0 unspecified atom stereocenters. The van der Waals surface area contributed by atoms with Gasteiger partial charge in [-0.25, -0.2) is 0 Å². The van der Waals surface area contributed by atoms with Crippen LogP contribution < -0.4 is 0 Å². The maximum absolute atomic E-state index is 9.41. The van der Waals surface area contributed by atoms with Crippen LogP contribution in [0.2, 0.25) is 0 Å². The minimum Gasteiger partial charge on any atom is -0.393 e. The van der Waals surface area contributed by atoms with Crippen molar-refractivity contribution in [2.45, 2.75) is 30.3 Å². The van der Waals surface area contributed by atoms with Gasteiger partial charge >= 0.3 is 0 Å². The first-order chi connectivity index (χ1) is 7.29. The highest BCUT2D eigenvalue weighted by Crippen LogP contribution is 2.28. The van der Waals surface area contributed by atoms with E-state index in [1.807, 2.05) is 0 Å². The molecule has 0 bridgehead atoms. The van der Waals surface area contributed by atoms with E-state index in [2.05, 4.69) is 36.6 Å². The zero-order chi connectivity index (χ0) is 10.7. The summed E-state index contributed by atoms with van der Waals surface area (Å²) in [6.45, 7) is 0. The van der Waals surface area contributed by atoms with Crippen LogP contribution >= 0.6 is 11.8 Å². The molecule has 0 aromatic heterocycles. The highest BCUT2D eigenvalue weighted by atomic mass is 32.2. The smallest absolute Gasteiger partial charge is 0.0578 e. The maximum Gasteiger partial charge on any atom is 0.0578 e. The lowest BCUT2D eigenvalue weighted by atomic mass is 9.92. The Kier molecular flexibility index (Phi) is 3.49. The Morgan fingerprint density at radius 3 is 2.53 bits per heavy atom. The molecule has 2 heteroatoms. The van der Waals surface area contributed by atoms with Gasteiger partial charge < -0.3 is 5.11 Å². The van der Waals surface area contributed by atoms with Crippen LogP contribution in [0.3, 0.4) is 0 Å².